The molecule has 0 unspecified atom stereocenters. The molecular formula is C15H17N3O4S. The molecule has 0 aliphatic heterocycles. The highest BCUT2D eigenvalue weighted by Gasteiger charge is 2.28. The Bertz CT molecular complexity index is 943. The first-order valence-corrected chi connectivity index (χ1v) is 8.20. The summed E-state index contributed by atoms with van der Waals surface area (Å²) < 4.78 is 28.7. The third-order valence-corrected chi connectivity index (χ3v) is 5.10. The quantitative estimate of drug-likeness (QED) is 0.744. The third kappa shape index (κ3) is 2.98. The molecule has 0 radical (unpaired) electrons. The van der Waals surface area contributed by atoms with E-state index in [4.69, 9.17) is 0 Å². The molecule has 0 saturated carbocycles. The average Bonchev–Trinajstić information content (AvgIpc) is 2.54. The predicted octanol–water partition coefficient (Wildman–Crippen LogP) is 0.465. The number of aryl methyl sites for hydroxylation is 1. The van der Waals surface area contributed by atoms with Gasteiger partial charge >= 0.3 is 5.69 Å². The maximum atomic E-state index is 12.9. The van der Waals surface area contributed by atoms with E-state index in [1.54, 1.807) is 30.3 Å². The van der Waals surface area contributed by atoms with Gasteiger partial charge in [0.05, 0.1) is 12.2 Å². The lowest BCUT2D eigenvalue weighted by Gasteiger charge is -2.23. The highest BCUT2D eigenvalue weighted by molar-refractivity contribution is 7.92. The van der Waals surface area contributed by atoms with Gasteiger partial charge in [0, 0.05) is 20.3 Å². The van der Waals surface area contributed by atoms with Crippen LogP contribution in [-0.4, -0.2) is 24.1 Å². The predicted molar refractivity (Wildman–Crippen MR) is 88.1 cm³/mol. The smallest absolute Gasteiger partial charge is 0.302 e. The largest absolute Gasteiger partial charge is 0.330 e. The summed E-state index contributed by atoms with van der Waals surface area (Å²) in [6, 6.07) is 8.38. The Morgan fingerprint density at radius 2 is 1.78 bits per heavy atom. The van der Waals surface area contributed by atoms with Crippen molar-refractivity contribution in [1.82, 2.24) is 9.13 Å². The first kappa shape index (κ1) is 16.8. The molecule has 0 bridgehead atoms. The zero-order valence-electron chi connectivity index (χ0n) is 12.8. The second kappa shape index (κ2) is 6.25. The van der Waals surface area contributed by atoms with Gasteiger partial charge < -0.3 is 4.57 Å². The van der Waals surface area contributed by atoms with Crippen molar-refractivity contribution in [2.24, 2.45) is 14.1 Å². The fourth-order valence-electron chi connectivity index (χ4n) is 2.12. The molecule has 1 heterocycles. The fourth-order valence-corrected chi connectivity index (χ4v) is 3.71. The topological polar surface area (TPSA) is 81.4 Å². The van der Waals surface area contributed by atoms with E-state index < -0.39 is 26.2 Å². The molecule has 0 spiro atoms. The molecule has 7 nitrogen and oxygen atoms in total. The number of para-hydroxylation sites is 1. The summed E-state index contributed by atoms with van der Waals surface area (Å²) in [4.78, 5) is 23.5. The Morgan fingerprint density at radius 3 is 2.35 bits per heavy atom. The van der Waals surface area contributed by atoms with Crippen molar-refractivity contribution in [2.75, 3.05) is 10.8 Å². The second-order valence-electron chi connectivity index (χ2n) is 4.91. The molecule has 8 heteroatoms. The Morgan fingerprint density at radius 1 is 1.17 bits per heavy atom. The number of hydrogen-bond acceptors (Lipinski definition) is 4. The van der Waals surface area contributed by atoms with Gasteiger partial charge in [0.2, 0.25) is 0 Å². The van der Waals surface area contributed by atoms with E-state index in [1.807, 2.05) is 0 Å². The fraction of sp³-hybridized carbons (Fsp3) is 0.200. The first-order chi connectivity index (χ1) is 10.8. The van der Waals surface area contributed by atoms with Gasteiger partial charge in [-0.1, -0.05) is 24.3 Å². The van der Waals surface area contributed by atoms with Crippen LogP contribution in [0.5, 0.6) is 0 Å². The number of anilines is 1. The van der Waals surface area contributed by atoms with Crippen molar-refractivity contribution in [3.8, 4) is 0 Å². The molecule has 0 fully saturated rings. The van der Waals surface area contributed by atoms with Crippen LogP contribution < -0.4 is 15.6 Å². The number of hydrogen-bond donors (Lipinski definition) is 0. The number of aromatic nitrogens is 2. The van der Waals surface area contributed by atoms with Gasteiger partial charge in [0.1, 0.15) is 0 Å². The van der Waals surface area contributed by atoms with Crippen molar-refractivity contribution in [3.05, 3.63) is 70.0 Å². The van der Waals surface area contributed by atoms with E-state index in [0.29, 0.717) is 5.69 Å². The molecular weight excluding hydrogens is 318 g/mol. The molecule has 1 aromatic heterocycles. The van der Waals surface area contributed by atoms with E-state index >= 15 is 0 Å². The van der Waals surface area contributed by atoms with Gasteiger partial charge in [-0.3, -0.25) is 13.7 Å². The van der Waals surface area contributed by atoms with Crippen LogP contribution in [0.3, 0.4) is 0 Å². The zero-order valence-corrected chi connectivity index (χ0v) is 13.7. The van der Waals surface area contributed by atoms with Gasteiger partial charge in [-0.25, -0.2) is 13.2 Å². The number of sulfonamides is 1. The minimum atomic E-state index is -4.14. The Hall–Kier alpha value is -2.61. The van der Waals surface area contributed by atoms with Crippen LogP contribution in [0.2, 0.25) is 0 Å². The Kier molecular flexibility index (Phi) is 4.55. The molecule has 2 aromatic rings. The summed E-state index contributed by atoms with van der Waals surface area (Å²) in [5, 5.41) is 0. The molecule has 0 N–H and O–H groups in total. The number of nitrogens with zero attached hydrogens (tertiary/aromatic N) is 3. The van der Waals surface area contributed by atoms with Crippen LogP contribution in [0.25, 0.3) is 0 Å². The SMILES string of the molecule is C=CCN(c1ccccc1)S(=O)(=O)c1cn(C)c(=O)n(C)c1=O. The van der Waals surface area contributed by atoms with Crippen molar-refractivity contribution in [3.63, 3.8) is 0 Å². The van der Waals surface area contributed by atoms with Crippen LogP contribution in [-0.2, 0) is 24.1 Å². The third-order valence-electron chi connectivity index (χ3n) is 3.32. The number of benzene rings is 1. The Labute approximate surface area is 133 Å². The summed E-state index contributed by atoms with van der Waals surface area (Å²) in [5.74, 6) is 0. The summed E-state index contributed by atoms with van der Waals surface area (Å²) in [6.07, 6.45) is 2.47. The molecule has 0 saturated heterocycles. The summed E-state index contributed by atoms with van der Waals surface area (Å²) in [6.45, 7) is 3.56. The normalized spacial score (nSPS) is 11.2. The minimum absolute atomic E-state index is 0.00165. The lowest BCUT2D eigenvalue weighted by molar-refractivity contribution is 0.581. The lowest BCUT2D eigenvalue weighted by Crippen LogP contribution is -2.42. The standard InChI is InChI=1S/C15H17N3O4S/c1-4-10-18(12-8-6-5-7-9-12)23(21,22)13-11-16(2)15(20)17(3)14(13)19/h4-9,11H,1,10H2,2-3H3. The van der Waals surface area contributed by atoms with E-state index in [2.05, 4.69) is 6.58 Å². The number of rotatable bonds is 5. The maximum absolute atomic E-state index is 12.9. The minimum Gasteiger partial charge on any atom is -0.302 e. The summed E-state index contributed by atoms with van der Waals surface area (Å²) >= 11 is 0. The van der Waals surface area contributed by atoms with Crippen LogP contribution in [0, 0.1) is 0 Å². The molecule has 0 atom stereocenters. The van der Waals surface area contributed by atoms with E-state index in [9.17, 15) is 18.0 Å². The van der Waals surface area contributed by atoms with Gasteiger partial charge in [-0.2, -0.15) is 0 Å². The van der Waals surface area contributed by atoms with Crippen LogP contribution >= 0.6 is 0 Å². The molecule has 122 valence electrons. The van der Waals surface area contributed by atoms with Crippen LogP contribution in [0.15, 0.2) is 63.7 Å². The van der Waals surface area contributed by atoms with Crippen LogP contribution in [0.1, 0.15) is 0 Å². The average molecular weight is 335 g/mol. The highest BCUT2D eigenvalue weighted by Crippen LogP contribution is 2.21. The summed E-state index contributed by atoms with van der Waals surface area (Å²) in [5.41, 5.74) is -1.05. The van der Waals surface area contributed by atoms with Gasteiger partial charge in [0.25, 0.3) is 15.6 Å². The Balaban J connectivity index is 2.72. The van der Waals surface area contributed by atoms with Crippen molar-refractivity contribution in [2.45, 2.75) is 4.90 Å². The second-order valence-corrected chi connectivity index (χ2v) is 6.74. The molecule has 0 aliphatic carbocycles. The zero-order chi connectivity index (χ0) is 17.2. The van der Waals surface area contributed by atoms with Crippen molar-refractivity contribution in [1.29, 1.82) is 0 Å². The van der Waals surface area contributed by atoms with Gasteiger partial charge in [0.15, 0.2) is 4.90 Å². The monoisotopic (exact) mass is 335 g/mol. The summed E-state index contributed by atoms with van der Waals surface area (Å²) in [7, 11) is -1.51. The van der Waals surface area contributed by atoms with Gasteiger partial charge in [-0.05, 0) is 12.1 Å². The molecule has 0 aliphatic rings. The highest BCUT2D eigenvalue weighted by atomic mass is 32.2. The molecule has 2 rings (SSSR count). The maximum Gasteiger partial charge on any atom is 0.330 e. The first-order valence-electron chi connectivity index (χ1n) is 6.76. The van der Waals surface area contributed by atoms with Crippen LogP contribution in [0.4, 0.5) is 5.69 Å². The van der Waals surface area contributed by atoms with Gasteiger partial charge in [-0.15, -0.1) is 6.58 Å². The molecule has 0 amide bonds. The van der Waals surface area contributed by atoms with Crippen molar-refractivity contribution >= 4 is 15.7 Å². The molecule has 1 aromatic carbocycles. The molecule has 23 heavy (non-hydrogen) atoms. The van der Waals surface area contributed by atoms with E-state index in [1.165, 1.54) is 20.2 Å². The van der Waals surface area contributed by atoms with Crippen molar-refractivity contribution < 1.29 is 8.42 Å². The lowest BCUT2D eigenvalue weighted by atomic mass is 10.3. The van der Waals surface area contributed by atoms with E-state index in [0.717, 1.165) is 19.6 Å². The van der Waals surface area contributed by atoms with E-state index in [-0.39, 0.29) is 6.54 Å².